The second-order valence-electron chi connectivity index (χ2n) is 4.06. The summed E-state index contributed by atoms with van der Waals surface area (Å²) in [6.45, 7) is 2.68. The van der Waals surface area contributed by atoms with Gasteiger partial charge in [0.1, 0.15) is 0 Å². The van der Waals surface area contributed by atoms with Crippen molar-refractivity contribution < 1.29 is 22.7 Å². The Hall–Kier alpha value is -1.79. The third kappa shape index (κ3) is 3.35. The summed E-state index contributed by atoms with van der Waals surface area (Å²) >= 11 is 0. The fraction of sp³-hybridized carbons (Fsp3) is 0.455. The zero-order valence-electron chi connectivity index (χ0n) is 9.99. The molecule has 0 N–H and O–H groups in total. The molecule has 7 heteroatoms. The number of carbonyl (C=O) groups excluding carboxylic acids is 1. The van der Waals surface area contributed by atoms with Crippen LogP contribution in [0.3, 0.4) is 0 Å². The van der Waals surface area contributed by atoms with Crippen molar-refractivity contribution in [3.05, 3.63) is 30.4 Å². The van der Waals surface area contributed by atoms with E-state index in [-0.39, 0.29) is 0 Å². The molecule has 0 unspecified atom stereocenters. The molecule has 0 aliphatic rings. The standard InChI is InChI=1S/C11H13F3N2O2/c1-11(2,16-6-3-5-15-16)10(17)18-7-4-8(12)9(13)14/h3,5-6H,4,7H2,1-2H3. The zero-order valence-corrected chi connectivity index (χ0v) is 9.99. The van der Waals surface area contributed by atoms with Crippen molar-refractivity contribution in [2.45, 2.75) is 25.8 Å². The van der Waals surface area contributed by atoms with Crippen molar-refractivity contribution in [3.8, 4) is 0 Å². The van der Waals surface area contributed by atoms with E-state index in [1.807, 2.05) is 0 Å². The lowest BCUT2D eigenvalue weighted by atomic mass is 10.1. The van der Waals surface area contributed by atoms with Crippen molar-refractivity contribution in [2.24, 2.45) is 0 Å². The van der Waals surface area contributed by atoms with Crippen LogP contribution in [0.25, 0.3) is 0 Å². The molecule has 1 rings (SSSR count). The Balaban J connectivity index is 2.54. The molecule has 0 aliphatic carbocycles. The molecule has 0 fully saturated rings. The molecule has 0 amide bonds. The van der Waals surface area contributed by atoms with E-state index < -0.39 is 36.4 Å². The summed E-state index contributed by atoms with van der Waals surface area (Å²) in [4.78, 5) is 11.7. The quantitative estimate of drug-likeness (QED) is 0.766. The molecule has 0 aromatic carbocycles. The summed E-state index contributed by atoms with van der Waals surface area (Å²) in [5.41, 5.74) is -1.07. The van der Waals surface area contributed by atoms with E-state index in [4.69, 9.17) is 4.74 Å². The van der Waals surface area contributed by atoms with E-state index in [2.05, 4.69) is 5.10 Å². The van der Waals surface area contributed by atoms with Crippen LogP contribution in [0.5, 0.6) is 0 Å². The van der Waals surface area contributed by atoms with Gasteiger partial charge in [-0.25, -0.2) is 9.18 Å². The van der Waals surface area contributed by atoms with Gasteiger partial charge in [-0.2, -0.15) is 13.9 Å². The maximum absolute atomic E-state index is 12.5. The lowest BCUT2D eigenvalue weighted by Gasteiger charge is -2.22. The lowest BCUT2D eigenvalue weighted by Crippen LogP contribution is -2.38. The van der Waals surface area contributed by atoms with Crippen molar-refractivity contribution in [1.82, 2.24) is 9.78 Å². The number of ether oxygens (including phenoxy) is 1. The summed E-state index contributed by atoms with van der Waals surface area (Å²) < 4.78 is 42.1. The highest BCUT2D eigenvalue weighted by Gasteiger charge is 2.31. The molecule has 1 heterocycles. The van der Waals surface area contributed by atoms with Crippen LogP contribution in [-0.4, -0.2) is 22.4 Å². The van der Waals surface area contributed by atoms with Crippen LogP contribution in [0.1, 0.15) is 20.3 Å². The zero-order chi connectivity index (χ0) is 13.8. The molecule has 0 atom stereocenters. The number of nitrogens with zero attached hydrogens (tertiary/aromatic N) is 2. The minimum Gasteiger partial charge on any atom is -0.463 e. The van der Waals surface area contributed by atoms with Gasteiger partial charge in [-0.3, -0.25) is 4.68 Å². The molecule has 0 radical (unpaired) electrons. The number of halogens is 3. The molecule has 1 aromatic rings. The molecule has 4 nitrogen and oxygen atoms in total. The first-order valence-electron chi connectivity index (χ1n) is 5.22. The number of rotatable bonds is 5. The van der Waals surface area contributed by atoms with E-state index in [1.54, 1.807) is 26.1 Å². The van der Waals surface area contributed by atoms with Gasteiger partial charge >= 0.3 is 12.0 Å². The van der Waals surface area contributed by atoms with Crippen molar-refractivity contribution >= 4 is 5.97 Å². The Morgan fingerprint density at radius 3 is 2.56 bits per heavy atom. The molecular weight excluding hydrogens is 249 g/mol. The smallest absolute Gasteiger partial charge is 0.333 e. The van der Waals surface area contributed by atoms with Crippen molar-refractivity contribution in [1.29, 1.82) is 0 Å². The van der Waals surface area contributed by atoms with Crippen molar-refractivity contribution in [3.63, 3.8) is 0 Å². The number of hydrogen-bond donors (Lipinski definition) is 0. The maximum Gasteiger partial charge on any atom is 0.333 e. The SMILES string of the molecule is CC(C)(C(=O)OCCC(F)=C(F)F)n1cccn1. The predicted molar refractivity (Wildman–Crippen MR) is 57.5 cm³/mol. The van der Waals surface area contributed by atoms with Crippen LogP contribution in [0, 0.1) is 0 Å². The van der Waals surface area contributed by atoms with Crippen LogP contribution < -0.4 is 0 Å². The molecule has 0 saturated carbocycles. The Kier molecular flexibility index (Phi) is 4.52. The topological polar surface area (TPSA) is 44.1 Å². The van der Waals surface area contributed by atoms with E-state index in [1.165, 1.54) is 10.9 Å². The van der Waals surface area contributed by atoms with Crippen LogP contribution >= 0.6 is 0 Å². The maximum atomic E-state index is 12.5. The van der Waals surface area contributed by atoms with E-state index in [0.29, 0.717) is 0 Å². The number of carbonyl (C=O) groups is 1. The fourth-order valence-electron chi connectivity index (χ4n) is 1.20. The van der Waals surface area contributed by atoms with Crippen LogP contribution in [0.4, 0.5) is 13.2 Å². The molecule has 100 valence electrons. The Bertz CT molecular complexity index is 437. The monoisotopic (exact) mass is 262 g/mol. The minimum atomic E-state index is -2.39. The first kappa shape index (κ1) is 14.3. The Morgan fingerprint density at radius 1 is 1.39 bits per heavy atom. The summed E-state index contributed by atoms with van der Waals surface area (Å²) in [5, 5.41) is 3.89. The van der Waals surface area contributed by atoms with E-state index in [0.717, 1.165) is 0 Å². The summed E-state index contributed by atoms with van der Waals surface area (Å²) in [7, 11) is 0. The fourth-order valence-corrected chi connectivity index (χ4v) is 1.20. The van der Waals surface area contributed by atoms with Gasteiger partial charge in [0.15, 0.2) is 11.4 Å². The number of esters is 1. The van der Waals surface area contributed by atoms with Crippen LogP contribution in [-0.2, 0) is 15.1 Å². The van der Waals surface area contributed by atoms with Crippen LogP contribution in [0.2, 0.25) is 0 Å². The molecule has 0 aliphatic heterocycles. The largest absolute Gasteiger partial charge is 0.463 e. The Morgan fingerprint density at radius 2 is 2.06 bits per heavy atom. The Labute approximate surface area is 102 Å². The second-order valence-corrected chi connectivity index (χ2v) is 4.06. The van der Waals surface area contributed by atoms with Crippen molar-refractivity contribution in [2.75, 3.05) is 6.61 Å². The van der Waals surface area contributed by atoms with Crippen LogP contribution in [0.15, 0.2) is 30.4 Å². The molecule has 1 aromatic heterocycles. The minimum absolute atomic E-state index is 0.438. The first-order chi connectivity index (χ1) is 8.35. The summed E-state index contributed by atoms with van der Waals surface area (Å²) in [5.74, 6) is -2.24. The van der Waals surface area contributed by atoms with Gasteiger partial charge in [-0.05, 0) is 19.9 Å². The summed E-state index contributed by atoms with van der Waals surface area (Å²) in [6, 6.07) is 1.63. The predicted octanol–water partition coefficient (Wildman–Crippen LogP) is 2.63. The molecule has 0 saturated heterocycles. The van der Waals surface area contributed by atoms with Gasteiger partial charge in [-0.15, -0.1) is 0 Å². The van der Waals surface area contributed by atoms with Gasteiger partial charge < -0.3 is 4.74 Å². The number of hydrogen-bond acceptors (Lipinski definition) is 3. The lowest BCUT2D eigenvalue weighted by molar-refractivity contribution is -0.153. The molecule has 18 heavy (non-hydrogen) atoms. The first-order valence-corrected chi connectivity index (χ1v) is 5.22. The van der Waals surface area contributed by atoms with E-state index in [9.17, 15) is 18.0 Å². The third-order valence-corrected chi connectivity index (χ3v) is 2.34. The normalized spacial score (nSPS) is 11.2. The van der Waals surface area contributed by atoms with Gasteiger partial charge in [0, 0.05) is 18.8 Å². The highest BCUT2D eigenvalue weighted by molar-refractivity contribution is 5.77. The average Bonchev–Trinajstić information content (AvgIpc) is 2.82. The van der Waals surface area contributed by atoms with E-state index >= 15 is 0 Å². The summed E-state index contributed by atoms with van der Waals surface area (Å²) in [6.07, 6.45) is 0.0414. The molecule has 0 spiro atoms. The number of aromatic nitrogens is 2. The molecule has 0 bridgehead atoms. The molecular formula is C11H13F3N2O2. The highest BCUT2D eigenvalue weighted by Crippen LogP contribution is 2.17. The van der Waals surface area contributed by atoms with Gasteiger partial charge in [0.05, 0.1) is 6.61 Å². The second kappa shape index (κ2) is 5.70. The van der Waals surface area contributed by atoms with Gasteiger partial charge in [-0.1, -0.05) is 0 Å². The average molecular weight is 262 g/mol. The third-order valence-electron chi connectivity index (χ3n) is 2.34. The van der Waals surface area contributed by atoms with Gasteiger partial charge in [0.2, 0.25) is 0 Å². The van der Waals surface area contributed by atoms with Gasteiger partial charge in [0.25, 0.3) is 0 Å². The highest BCUT2D eigenvalue weighted by atomic mass is 19.3.